The van der Waals surface area contributed by atoms with Gasteiger partial charge in [-0.05, 0) is 60.7 Å². The minimum atomic E-state index is 0.0349. The molecule has 5 heteroatoms. The topological polar surface area (TPSA) is 68.4 Å². The summed E-state index contributed by atoms with van der Waals surface area (Å²) in [6.07, 6.45) is 0. The van der Waals surface area contributed by atoms with Gasteiger partial charge in [-0.3, -0.25) is 0 Å². The molecule has 3 aromatic carbocycles. The third-order valence-electron chi connectivity index (χ3n) is 4.23. The molecule has 3 rings (SSSR count). The number of aliphatic hydroxyl groups excluding tert-OH is 2. The van der Waals surface area contributed by atoms with E-state index in [0.29, 0.717) is 13.1 Å². The maximum Gasteiger partial charge on any atom is 0.0858 e. The Labute approximate surface area is 171 Å². The van der Waals surface area contributed by atoms with Crippen LogP contribution in [-0.4, -0.2) is 36.5 Å². The zero-order valence-electron chi connectivity index (χ0n) is 16.1. The lowest BCUT2D eigenvalue weighted by Gasteiger charge is -2.22. The molecule has 0 aliphatic carbocycles. The Morgan fingerprint density at radius 3 is 1.62 bits per heavy atom. The van der Waals surface area contributed by atoms with Crippen molar-refractivity contribution >= 4 is 17.1 Å². The van der Waals surface area contributed by atoms with E-state index >= 15 is 0 Å². The second-order valence-corrected chi connectivity index (χ2v) is 6.31. The molecule has 0 aromatic heterocycles. The molecule has 3 aromatic rings. The third kappa shape index (κ3) is 6.28. The molecule has 5 nitrogen and oxygen atoms in total. The standard InChI is InChI=1S/C24H23N3O2/c28-18-16-27(17-19-29)24-14-12-23(13-15-24)26-25-22-10-8-21(9-11-22)7-6-20-4-2-1-3-5-20/h1-5,8-15,28-29H,16-19H2. The molecule has 0 aliphatic heterocycles. The first kappa shape index (κ1) is 20.3. The van der Waals surface area contributed by atoms with Gasteiger partial charge in [0.05, 0.1) is 24.6 Å². The van der Waals surface area contributed by atoms with Crippen LogP contribution in [0.5, 0.6) is 0 Å². The number of hydrogen-bond donors (Lipinski definition) is 2. The van der Waals surface area contributed by atoms with Gasteiger partial charge in [-0.1, -0.05) is 30.0 Å². The summed E-state index contributed by atoms with van der Waals surface area (Å²) in [6, 6.07) is 25.0. The molecule has 0 spiro atoms. The van der Waals surface area contributed by atoms with Gasteiger partial charge in [-0.25, -0.2) is 0 Å². The Morgan fingerprint density at radius 2 is 1.10 bits per heavy atom. The molecule has 0 amide bonds. The molecule has 0 unspecified atom stereocenters. The molecular weight excluding hydrogens is 362 g/mol. The van der Waals surface area contributed by atoms with Gasteiger partial charge in [-0.15, -0.1) is 0 Å². The van der Waals surface area contributed by atoms with Crippen molar-refractivity contribution in [2.75, 3.05) is 31.2 Å². The lowest BCUT2D eigenvalue weighted by molar-refractivity contribution is 0.281. The Balaban J connectivity index is 1.63. The Kier molecular flexibility index (Phi) is 7.53. The summed E-state index contributed by atoms with van der Waals surface area (Å²) in [7, 11) is 0. The van der Waals surface area contributed by atoms with E-state index in [1.54, 1.807) is 0 Å². The maximum atomic E-state index is 9.14. The zero-order valence-corrected chi connectivity index (χ0v) is 16.1. The summed E-state index contributed by atoms with van der Waals surface area (Å²) in [5.41, 5.74) is 4.31. The molecule has 0 heterocycles. The van der Waals surface area contributed by atoms with Crippen LogP contribution >= 0.6 is 0 Å². The quantitative estimate of drug-likeness (QED) is 0.471. The minimum absolute atomic E-state index is 0.0349. The van der Waals surface area contributed by atoms with Crippen molar-refractivity contribution in [2.24, 2.45) is 10.2 Å². The first-order valence-electron chi connectivity index (χ1n) is 9.44. The molecule has 146 valence electrons. The fourth-order valence-electron chi connectivity index (χ4n) is 2.73. The second-order valence-electron chi connectivity index (χ2n) is 6.31. The van der Waals surface area contributed by atoms with Crippen molar-refractivity contribution in [2.45, 2.75) is 0 Å². The Hall–Kier alpha value is -3.46. The molecule has 29 heavy (non-hydrogen) atoms. The van der Waals surface area contributed by atoms with Crippen LogP contribution in [-0.2, 0) is 0 Å². The minimum Gasteiger partial charge on any atom is -0.395 e. The smallest absolute Gasteiger partial charge is 0.0858 e. The average Bonchev–Trinajstić information content (AvgIpc) is 2.78. The van der Waals surface area contributed by atoms with E-state index < -0.39 is 0 Å². The normalized spacial score (nSPS) is 10.6. The highest BCUT2D eigenvalue weighted by Crippen LogP contribution is 2.22. The van der Waals surface area contributed by atoms with Crippen molar-refractivity contribution in [1.29, 1.82) is 0 Å². The van der Waals surface area contributed by atoms with Crippen LogP contribution in [0.15, 0.2) is 89.1 Å². The van der Waals surface area contributed by atoms with Crippen molar-refractivity contribution in [3.63, 3.8) is 0 Å². The lowest BCUT2D eigenvalue weighted by Crippen LogP contribution is -2.29. The molecule has 2 N–H and O–H groups in total. The van der Waals surface area contributed by atoms with Gasteiger partial charge in [-0.2, -0.15) is 10.2 Å². The number of aliphatic hydroxyl groups is 2. The summed E-state index contributed by atoms with van der Waals surface area (Å²) in [5.74, 6) is 6.27. The van der Waals surface area contributed by atoms with Crippen LogP contribution in [0, 0.1) is 11.8 Å². The Morgan fingerprint density at radius 1 is 0.621 bits per heavy atom. The van der Waals surface area contributed by atoms with E-state index in [9.17, 15) is 0 Å². The predicted molar refractivity (Wildman–Crippen MR) is 116 cm³/mol. The largest absolute Gasteiger partial charge is 0.395 e. The summed E-state index contributed by atoms with van der Waals surface area (Å²) < 4.78 is 0. The van der Waals surface area contributed by atoms with Crippen LogP contribution in [0.2, 0.25) is 0 Å². The first-order valence-corrected chi connectivity index (χ1v) is 9.44. The van der Waals surface area contributed by atoms with E-state index in [1.165, 1.54) is 0 Å². The van der Waals surface area contributed by atoms with Crippen LogP contribution in [0.1, 0.15) is 11.1 Å². The maximum absolute atomic E-state index is 9.14. The van der Waals surface area contributed by atoms with Crippen LogP contribution in [0.3, 0.4) is 0 Å². The van der Waals surface area contributed by atoms with E-state index in [0.717, 1.165) is 28.2 Å². The van der Waals surface area contributed by atoms with E-state index in [4.69, 9.17) is 10.2 Å². The van der Waals surface area contributed by atoms with E-state index in [1.807, 2.05) is 83.8 Å². The highest BCUT2D eigenvalue weighted by atomic mass is 16.3. The highest BCUT2D eigenvalue weighted by Gasteiger charge is 2.04. The van der Waals surface area contributed by atoms with Gasteiger partial charge in [0.1, 0.15) is 0 Å². The third-order valence-corrected chi connectivity index (χ3v) is 4.23. The van der Waals surface area contributed by atoms with Crippen molar-refractivity contribution < 1.29 is 10.2 Å². The molecule has 0 saturated heterocycles. The number of nitrogens with zero attached hydrogens (tertiary/aromatic N) is 3. The predicted octanol–water partition coefficient (Wildman–Crippen LogP) is 4.29. The molecule has 0 aliphatic rings. The summed E-state index contributed by atoms with van der Waals surface area (Å²) >= 11 is 0. The fourth-order valence-corrected chi connectivity index (χ4v) is 2.73. The van der Waals surface area contributed by atoms with Gasteiger partial charge < -0.3 is 15.1 Å². The van der Waals surface area contributed by atoms with Gasteiger partial charge >= 0.3 is 0 Å². The number of azo groups is 1. The van der Waals surface area contributed by atoms with Crippen LogP contribution in [0.4, 0.5) is 17.1 Å². The van der Waals surface area contributed by atoms with Crippen LogP contribution in [0.25, 0.3) is 0 Å². The highest BCUT2D eigenvalue weighted by molar-refractivity contribution is 5.53. The Bertz CT molecular complexity index is 967. The van der Waals surface area contributed by atoms with Crippen molar-refractivity contribution in [3.8, 4) is 11.8 Å². The van der Waals surface area contributed by atoms with E-state index in [-0.39, 0.29) is 13.2 Å². The fraction of sp³-hybridized carbons (Fsp3) is 0.167. The molecular formula is C24H23N3O2. The molecule has 0 bridgehead atoms. The number of benzene rings is 3. The first-order chi connectivity index (χ1) is 14.3. The summed E-state index contributed by atoms with van der Waals surface area (Å²) in [5, 5.41) is 26.8. The monoisotopic (exact) mass is 385 g/mol. The van der Waals surface area contributed by atoms with Crippen molar-refractivity contribution in [3.05, 3.63) is 90.0 Å². The average molecular weight is 385 g/mol. The number of hydrogen-bond acceptors (Lipinski definition) is 5. The summed E-state index contributed by atoms with van der Waals surface area (Å²) in [6.45, 7) is 1.02. The molecule has 0 saturated carbocycles. The van der Waals surface area contributed by atoms with Crippen LogP contribution < -0.4 is 4.90 Å². The summed E-state index contributed by atoms with van der Waals surface area (Å²) in [4.78, 5) is 1.91. The zero-order chi connectivity index (χ0) is 20.3. The van der Waals surface area contributed by atoms with E-state index in [2.05, 4.69) is 22.1 Å². The van der Waals surface area contributed by atoms with Gasteiger partial charge in [0.25, 0.3) is 0 Å². The lowest BCUT2D eigenvalue weighted by atomic mass is 10.2. The molecule has 0 radical (unpaired) electrons. The number of anilines is 1. The SMILES string of the molecule is OCCN(CCO)c1ccc(N=Nc2ccc(C#Cc3ccccc3)cc2)cc1. The molecule has 0 atom stereocenters. The van der Waals surface area contributed by atoms with Gasteiger partial charge in [0.15, 0.2) is 0 Å². The number of rotatable bonds is 7. The van der Waals surface area contributed by atoms with Gasteiger partial charge in [0, 0.05) is 29.9 Å². The van der Waals surface area contributed by atoms with Gasteiger partial charge in [0.2, 0.25) is 0 Å². The second kappa shape index (κ2) is 10.8. The van der Waals surface area contributed by atoms with Crippen molar-refractivity contribution in [1.82, 2.24) is 0 Å². The molecule has 0 fully saturated rings.